The van der Waals surface area contributed by atoms with E-state index in [0.29, 0.717) is 5.56 Å². The average molecular weight is 246 g/mol. The number of rotatable bonds is 1. The minimum absolute atomic E-state index is 0.120. The number of aryl methyl sites for hydroxylation is 1. The molecule has 0 amide bonds. The van der Waals surface area contributed by atoms with Crippen molar-refractivity contribution in [1.82, 2.24) is 0 Å². The Hall–Kier alpha value is -0.610. The van der Waals surface area contributed by atoms with Crippen molar-refractivity contribution in [3.63, 3.8) is 0 Å². The van der Waals surface area contributed by atoms with Crippen molar-refractivity contribution in [2.45, 2.75) is 6.92 Å². The van der Waals surface area contributed by atoms with Crippen molar-refractivity contribution >= 4 is 33.1 Å². The highest BCUT2D eigenvalue weighted by Crippen LogP contribution is 2.25. The van der Waals surface area contributed by atoms with Gasteiger partial charge in [-0.1, -0.05) is 28.1 Å². The minimum Gasteiger partial charge on any atom is -0.507 e. The van der Waals surface area contributed by atoms with Gasteiger partial charge in [0, 0.05) is 4.47 Å². The van der Waals surface area contributed by atoms with E-state index in [1.165, 1.54) is 0 Å². The maximum atomic E-state index is 9.45. The molecule has 0 saturated heterocycles. The number of halogens is 1. The van der Waals surface area contributed by atoms with E-state index in [9.17, 15) is 5.11 Å². The second-order valence-corrected chi connectivity index (χ2v) is 3.84. The number of phenolic OH excluding ortho intramolecular Hbond substituents is 1. The zero-order valence-electron chi connectivity index (χ0n) is 6.47. The van der Waals surface area contributed by atoms with E-state index in [-0.39, 0.29) is 10.7 Å². The number of nitrogens with two attached hydrogens (primary N) is 1. The summed E-state index contributed by atoms with van der Waals surface area (Å²) in [7, 11) is 0. The molecule has 0 unspecified atom stereocenters. The van der Waals surface area contributed by atoms with Gasteiger partial charge in [0.15, 0.2) is 0 Å². The first-order chi connectivity index (χ1) is 5.52. The average Bonchev–Trinajstić information content (AvgIpc) is 1.82. The normalized spacial score (nSPS) is 9.83. The van der Waals surface area contributed by atoms with Gasteiger partial charge in [0.25, 0.3) is 0 Å². The molecule has 0 fully saturated rings. The second-order valence-electron chi connectivity index (χ2n) is 2.48. The third-order valence-electron chi connectivity index (χ3n) is 1.53. The molecule has 3 N–H and O–H groups in total. The van der Waals surface area contributed by atoms with Crippen LogP contribution in [0.1, 0.15) is 11.1 Å². The van der Waals surface area contributed by atoms with Crippen LogP contribution in [-0.4, -0.2) is 10.1 Å². The minimum atomic E-state index is 0.120. The van der Waals surface area contributed by atoms with Crippen LogP contribution in [0.3, 0.4) is 0 Å². The molecule has 64 valence electrons. The molecule has 0 aliphatic carbocycles. The van der Waals surface area contributed by atoms with Gasteiger partial charge in [0.2, 0.25) is 0 Å². The number of hydrogen-bond donors (Lipinski definition) is 2. The second kappa shape index (κ2) is 3.41. The van der Waals surface area contributed by atoms with Gasteiger partial charge in [-0.3, -0.25) is 0 Å². The van der Waals surface area contributed by atoms with Crippen LogP contribution in [0, 0.1) is 6.92 Å². The van der Waals surface area contributed by atoms with Crippen LogP contribution in [-0.2, 0) is 0 Å². The summed E-state index contributed by atoms with van der Waals surface area (Å²) in [5.41, 5.74) is 6.84. The van der Waals surface area contributed by atoms with Gasteiger partial charge in [-0.2, -0.15) is 0 Å². The highest BCUT2D eigenvalue weighted by Gasteiger charge is 2.08. The maximum absolute atomic E-state index is 9.45. The van der Waals surface area contributed by atoms with Crippen molar-refractivity contribution in [3.8, 4) is 5.75 Å². The number of benzene rings is 1. The summed E-state index contributed by atoms with van der Waals surface area (Å²) in [6, 6.07) is 3.43. The third-order valence-corrected chi connectivity index (χ3v) is 2.19. The summed E-state index contributed by atoms with van der Waals surface area (Å²) in [6.45, 7) is 1.85. The van der Waals surface area contributed by atoms with Crippen LogP contribution in [0.25, 0.3) is 0 Å². The smallest absolute Gasteiger partial charge is 0.127 e. The van der Waals surface area contributed by atoms with Crippen molar-refractivity contribution in [3.05, 3.63) is 27.7 Å². The molecule has 0 bridgehead atoms. The third kappa shape index (κ3) is 1.76. The van der Waals surface area contributed by atoms with Gasteiger partial charge in [0.1, 0.15) is 10.7 Å². The molecule has 0 radical (unpaired) electrons. The lowest BCUT2D eigenvalue weighted by molar-refractivity contribution is 0.473. The molecule has 0 aliphatic heterocycles. The predicted octanol–water partition coefficient (Wildman–Crippen LogP) is 2.10. The first-order valence-electron chi connectivity index (χ1n) is 3.31. The van der Waals surface area contributed by atoms with Crippen molar-refractivity contribution < 1.29 is 5.11 Å². The molecule has 1 rings (SSSR count). The zero-order chi connectivity index (χ0) is 9.30. The van der Waals surface area contributed by atoms with E-state index in [4.69, 9.17) is 18.0 Å². The molecule has 1 aromatic carbocycles. The maximum Gasteiger partial charge on any atom is 0.127 e. The Morgan fingerprint density at radius 3 is 2.58 bits per heavy atom. The molecule has 0 heterocycles. The molecule has 0 atom stereocenters. The van der Waals surface area contributed by atoms with Gasteiger partial charge >= 0.3 is 0 Å². The summed E-state index contributed by atoms with van der Waals surface area (Å²) >= 11 is 8.03. The van der Waals surface area contributed by atoms with Crippen molar-refractivity contribution in [2.24, 2.45) is 5.73 Å². The fraction of sp³-hybridized carbons (Fsp3) is 0.125. The van der Waals surface area contributed by atoms with Gasteiger partial charge in [0.05, 0.1) is 5.56 Å². The molecular weight excluding hydrogens is 238 g/mol. The molecule has 0 spiro atoms. The van der Waals surface area contributed by atoms with Crippen molar-refractivity contribution in [2.75, 3.05) is 0 Å². The lowest BCUT2D eigenvalue weighted by Gasteiger charge is -2.06. The quantitative estimate of drug-likeness (QED) is 0.746. The van der Waals surface area contributed by atoms with E-state index < -0.39 is 0 Å². The monoisotopic (exact) mass is 245 g/mol. The highest BCUT2D eigenvalue weighted by atomic mass is 79.9. The van der Waals surface area contributed by atoms with Gasteiger partial charge in [-0.05, 0) is 24.6 Å². The topological polar surface area (TPSA) is 46.2 Å². The van der Waals surface area contributed by atoms with Gasteiger partial charge in [-0.25, -0.2) is 0 Å². The summed E-state index contributed by atoms with van der Waals surface area (Å²) in [4.78, 5) is 0.220. The largest absolute Gasteiger partial charge is 0.507 e. The van der Waals surface area contributed by atoms with E-state index in [2.05, 4.69) is 15.9 Å². The number of aromatic hydroxyl groups is 1. The number of phenols is 1. The molecule has 0 saturated carbocycles. The number of thiocarbonyl (C=S) groups is 1. The molecule has 2 nitrogen and oxygen atoms in total. The summed E-state index contributed by atoms with van der Waals surface area (Å²) in [5.74, 6) is 0.120. The summed E-state index contributed by atoms with van der Waals surface area (Å²) in [6.07, 6.45) is 0. The Labute approximate surface area is 84.5 Å². The first-order valence-corrected chi connectivity index (χ1v) is 4.51. The Morgan fingerprint density at radius 2 is 2.17 bits per heavy atom. The molecule has 0 aromatic heterocycles. The summed E-state index contributed by atoms with van der Waals surface area (Å²) in [5, 5.41) is 9.45. The SMILES string of the molecule is Cc1cc(Br)cc(O)c1C(N)=S. The van der Waals surface area contributed by atoms with Crippen LogP contribution in [0.2, 0.25) is 0 Å². The molecule has 12 heavy (non-hydrogen) atoms. The fourth-order valence-electron chi connectivity index (χ4n) is 1.05. The van der Waals surface area contributed by atoms with Crippen LogP contribution >= 0.6 is 28.1 Å². The van der Waals surface area contributed by atoms with E-state index in [0.717, 1.165) is 10.0 Å². The van der Waals surface area contributed by atoms with Gasteiger partial charge < -0.3 is 10.8 Å². The predicted molar refractivity (Wildman–Crippen MR) is 56.4 cm³/mol. The highest BCUT2D eigenvalue weighted by molar-refractivity contribution is 9.10. The molecule has 4 heteroatoms. The lowest BCUT2D eigenvalue weighted by atomic mass is 10.1. The Morgan fingerprint density at radius 1 is 1.58 bits per heavy atom. The standard InChI is InChI=1S/C8H8BrNOS/c1-4-2-5(9)3-6(11)7(4)8(10)12/h2-3,11H,1H3,(H2,10,12). The number of hydrogen-bond acceptors (Lipinski definition) is 2. The van der Waals surface area contributed by atoms with E-state index in [1.807, 2.05) is 13.0 Å². The molecule has 1 aromatic rings. The Kier molecular flexibility index (Phi) is 2.69. The molecular formula is C8H8BrNOS. The summed E-state index contributed by atoms with van der Waals surface area (Å²) < 4.78 is 0.817. The van der Waals surface area contributed by atoms with Crippen molar-refractivity contribution in [1.29, 1.82) is 0 Å². The van der Waals surface area contributed by atoms with E-state index >= 15 is 0 Å². The van der Waals surface area contributed by atoms with Crippen LogP contribution in [0.4, 0.5) is 0 Å². The van der Waals surface area contributed by atoms with Crippen LogP contribution < -0.4 is 5.73 Å². The van der Waals surface area contributed by atoms with E-state index in [1.54, 1.807) is 6.07 Å². The first kappa shape index (κ1) is 9.48. The fourth-order valence-corrected chi connectivity index (χ4v) is 1.87. The Bertz CT molecular complexity index is 315. The van der Waals surface area contributed by atoms with Crippen LogP contribution in [0.15, 0.2) is 16.6 Å². The Balaban J connectivity index is 3.38. The van der Waals surface area contributed by atoms with Gasteiger partial charge in [-0.15, -0.1) is 0 Å². The lowest BCUT2D eigenvalue weighted by Crippen LogP contribution is -2.11. The molecule has 0 aliphatic rings. The van der Waals surface area contributed by atoms with Crippen LogP contribution in [0.5, 0.6) is 5.75 Å². The zero-order valence-corrected chi connectivity index (χ0v) is 8.87.